The Kier molecular flexibility index (Phi) is 7.72. The predicted molar refractivity (Wildman–Crippen MR) is 108 cm³/mol. The van der Waals surface area contributed by atoms with Gasteiger partial charge in [0.1, 0.15) is 16.8 Å². The van der Waals surface area contributed by atoms with Gasteiger partial charge in [0, 0.05) is 45.1 Å². The molecule has 2 aliphatic rings. The van der Waals surface area contributed by atoms with Crippen molar-refractivity contribution in [3.05, 3.63) is 11.2 Å². The number of hydrogen-bond acceptors (Lipinski definition) is 7. The summed E-state index contributed by atoms with van der Waals surface area (Å²) in [6.45, 7) is 5.13. The molecule has 0 spiro atoms. The van der Waals surface area contributed by atoms with E-state index in [1.54, 1.807) is 6.07 Å². The summed E-state index contributed by atoms with van der Waals surface area (Å²) in [7, 11) is 0. The van der Waals surface area contributed by atoms with Crippen LogP contribution in [-0.2, 0) is 9.59 Å². The molecule has 3 heterocycles. The van der Waals surface area contributed by atoms with Gasteiger partial charge in [0.25, 0.3) is 0 Å². The van der Waals surface area contributed by atoms with Crippen LogP contribution in [0.25, 0.3) is 0 Å². The second-order valence-electron chi connectivity index (χ2n) is 6.90. The number of Topliss-reactive ketones (excluding diaryl/α,β-unsaturated/α-hetero) is 1. The molecule has 27 heavy (non-hydrogen) atoms. The highest BCUT2D eigenvalue weighted by molar-refractivity contribution is 7.99. The monoisotopic (exact) mass is 411 g/mol. The molecule has 0 saturated carbocycles. The molecule has 1 aromatic heterocycles. The van der Waals surface area contributed by atoms with Gasteiger partial charge in [-0.2, -0.15) is 0 Å². The minimum absolute atomic E-state index is 0.0225. The van der Waals surface area contributed by atoms with E-state index in [2.05, 4.69) is 20.2 Å². The van der Waals surface area contributed by atoms with Crippen molar-refractivity contribution in [1.82, 2.24) is 20.2 Å². The molecular weight excluding hydrogens is 386 g/mol. The zero-order valence-electron chi connectivity index (χ0n) is 15.5. The Labute approximate surface area is 169 Å². The average Bonchev–Trinajstić information content (AvgIpc) is 2.67. The van der Waals surface area contributed by atoms with E-state index in [1.165, 1.54) is 31.0 Å². The molecule has 0 aliphatic carbocycles. The maximum absolute atomic E-state index is 12.1. The number of piperidine rings is 2. The van der Waals surface area contributed by atoms with Gasteiger partial charge < -0.3 is 15.1 Å². The number of halogens is 1. The number of carbonyl (C=O) groups excluding carboxylic acids is 2. The van der Waals surface area contributed by atoms with Crippen molar-refractivity contribution in [2.24, 2.45) is 0 Å². The van der Waals surface area contributed by atoms with Crippen LogP contribution in [-0.4, -0.2) is 71.6 Å². The molecular formula is C18H26ClN5O2S. The number of carbonyl (C=O) groups is 2. The van der Waals surface area contributed by atoms with Gasteiger partial charge in [-0.3, -0.25) is 9.59 Å². The molecule has 1 amide bonds. The Bertz CT molecular complexity index is 659. The largest absolute Gasteiger partial charge is 0.356 e. The highest BCUT2D eigenvalue weighted by Gasteiger charge is 2.19. The van der Waals surface area contributed by atoms with Gasteiger partial charge in [-0.25, -0.2) is 9.97 Å². The van der Waals surface area contributed by atoms with Gasteiger partial charge in [0.05, 0.1) is 5.75 Å². The molecule has 2 fully saturated rings. The molecule has 1 N–H and O–H groups in total. The van der Waals surface area contributed by atoms with E-state index in [1.807, 2.05) is 4.90 Å². The van der Waals surface area contributed by atoms with Crippen LogP contribution < -0.4 is 10.2 Å². The van der Waals surface area contributed by atoms with E-state index in [0.717, 1.165) is 25.5 Å². The van der Waals surface area contributed by atoms with Gasteiger partial charge in [0.2, 0.25) is 5.91 Å². The minimum atomic E-state index is -0.0225. The van der Waals surface area contributed by atoms with Crippen molar-refractivity contribution < 1.29 is 9.59 Å². The number of amides is 1. The maximum atomic E-state index is 12.1. The quantitative estimate of drug-likeness (QED) is 0.417. The predicted octanol–water partition coefficient (Wildman–Crippen LogP) is 1.99. The minimum Gasteiger partial charge on any atom is -0.356 e. The number of nitrogens with one attached hydrogen (secondary N) is 1. The fourth-order valence-corrected chi connectivity index (χ4v) is 4.23. The van der Waals surface area contributed by atoms with Crippen LogP contribution in [0.1, 0.15) is 32.1 Å². The first-order valence-electron chi connectivity index (χ1n) is 9.53. The standard InChI is InChI=1S/C18H26ClN5O2S/c19-15-12-16(24-9-4-14(25)5-10-24)22-18(21-15)27-13-17(26)20-6-11-23-7-2-1-3-8-23/h12H,1-11,13H2,(H,20,26). The van der Waals surface area contributed by atoms with E-state index in [0.29, 0.717) is 42.8 Å². The summed E-state index contributed by atoms with van der Waals surface area (Å²) in [4.78, 5) is 36.6. The van der Waals surface area contributed by atoms with Crippen molar-refractivity contribution >= 4 is 40.9 Å². The fraction of sp³-hybridized carbons (Fsp3) is 0.667. The van der Waals surface area contributed by atoms with Crippen LogP contribution >= 0.6 is 23.4 Å². The number of anilines is 1. The van der Waals surface area contributed by atoms with Gasteiger partial charge >= 0.3 is 0 Å². The van der Waals surface area contributed by atoms with Crippen LogP contribution in [0.5, 0.6) is 0 Å². The molecule has 0 atom stereocenters. The lowest BCUT2D eigenvalue weighted by atomic mass is 10.1. The summed E-state index contributed by atoms with van der Waals surface area (Å²) in [6.07, 6.45) is 4.88. The van der Waals surface area contributed by atoms with Crippen LogP contribution in [0.3, 0.4) is 0 Å². The first kappa shape index (κ1) is 20.4. The van der Waals surface area contributed by atoms with Crippen molar-refractivity contribution in [2.75, 3.05) is 49.9 Å². The lowest BCUT2D eigenvalue weighted by Crippen LogP contribution is -2.38. The number of ketones is 1. The zero-order valence-corrected chi connectivity index (χ0v) is 17.0. The molecule has 0 aromatic carbocycles. The summed E-state index contributed by atoms with van der Waals surface area (Å²) in [5.74, 6) is 1.24. The summed E-state index contributed by atoms with van der Waals surface area (Å²) < 4.78 is 0. The summed E-state index contributed by atoms with van der Waals surface area (Å²) in [6, 6.07) is 1.71. The third kappa shape index (κ3) is 6.62. The van der Waals surface area contributed by atoms with Crippen LogP contribution in [0, 0.1) is 0 Å². The second-order valence-corrected chi connectivity index (χ2v) is 8.23. The number of rotatable bonds is 7. The molecule has 148 valence electrons. The number of thioether (sulfide) groups is 1. The molecule has 3 rings (SSSR count). The Balaban J connectivity index is 1.44. The van der Waals surface area contributed by atoms with Crippen molar-refractivity contribution in [1.29, 1.82) is 0 Å². The van der Waals surface area contributed by atoms with Crippen LogP contribution in [0.4, 0.5) is 5.82 Å². The van der Waals surface area contributed by atoms with Crippen LogP contribution in [0.2, 0.25) is 5.15 Å². The third-order valence-electron chi connectivity index (χ3n) is 4.84. The Hall–Kier alpha value is -1.38. The Morgan fingerprint density at radius 1 is 1.15 bits per heavy atom. The average molecular weight is 412 g/mol. The number of aromatic nitrogens is 2. The highest BCUT2D eigenvalue weighted by Crippen LogP contribution is 2.23. The molecule has 0 radical (unpaired) electrons. The topological polar surface area (TPSA) is 78.4 Å². The molecule has 1 aromatic rings. The van der Waals surface area contributed by atoms with Crippen molar-refractivity contribution in [3.8, 4) is 0 Å². The summed E-state index contributed by atoms with van der Waals surface area (Å²) >= 11 is 7.40. The second kappa shape index (κ2) is 10.2. The number of likely N-dealkylation sites (tertiary alicyclic amines) is 1. The smallest absolute Gasteiger partial charge is 0.230 e. The zero-order chi connectivity index (χ0) is 19.1. The van der Waals surface area contributed by atoms with E-state index in [9.17, 15) is 9.59 Å². The lowest BCUT2D eigenvalue weighted by molar-refractivity contribution is -0.119. The Morgan fingerprint density at radius 3 is 2.63 bits per heavy atom. The summed E-state index contributed by atoms with van der Waals surface area (Å²) in [5, 5.41) is 3.80. The van der Waals surface area contributed by atoms with E-state index < -0.39 is 0 Å². The van der Waals surface area contributed by atoms with Crippen molar-refractivity contribution in [2.45, 2.75) is 37.3 Å². The molecule has 7 nitrogen and oxygen atoms in total. The fourth-order valence-electron chi connectivity index (χ4n) is 3.31. The number of hydrogen-bond donors (Lipinski definition) is 1. The normalized spacial score (nSPS) is 18.6. The van der Waals surface area contributed by atoms with E-state index >= 15 is 0 Å². The molecule has 0 unspecified atom stereocenters. The molecule has 9 heteroatoms. The van der Waals surface area contributed by atoms with Gasteiger partial charge in [-0.15, -0.1) is 0 Å². The van der Waals surface area contributed by atoms with E-state index in [4.69, 9.17) is 11.6 Å². The SMILES string of the molecule is O=C1CCN(c2cc(Cl)nc(SCC(=O)NCCN3CCCCC3)n2)CC1. The maximum Gasteiger partial charge on any atom is 0.230 e. The highest BCUT2D eigenvalue weighted by atomic mass is 35.5. The third-order valence-corrected chi connectivity index (χ3v) is 5.88. The summed E-state index contributed by atoms with van der Waals surface area (Å²) in [5.41, 5.74) is 0. The van der Waals surface area contributed by atoms with Crippen LogP contribution in [0.15, 0.2) is 11.2 Å². The number of nitrogens with zero attached hydrogens (tertiary/aromatic N) is 4. The van der Waals surface area contributed by atoms with Gasteiger partial charge in [0.15, 0.2) is 5.16 Å². The first-order valence-corrected chi connectivity index (χ1v) is 10.9. The van der Waals surface area contributed by atoms with Gasteiger partial charge in [-0.05, 0) is 25.9 Å². The Morgan fingerprint density at radius 2 is 1.89 bits per heavy atom. The molecule has 2 saturated heterocycles. The molecule has 0 bridgehead atoms. The van der Waals surface area contributed by atoms with E-state index in [-0.39, 0.29) is 17.4 Å². The lowest BCUT2D eigenvalue weighted by Gasteiger charge is -2.27. The van der Waals surface area contributed by atoms with Crippen molar-refractivity contribution in [3.63, 3.8) is 0 Å². The van der Waals surface area contributed by atoms with Gasteiger partial charge in [-0.1, -0.05) is 29.8 Å². The first-order chi connectivity index (χ1) is 13.1. The molecule has 2 aliphatic heterocycles.